The van der Waals surface area contributed by atoms with E-state index in [0.29, 0.717) is 12.2 Å². The van der Waals surface area contributed by atoms with Crippen molar-refractivity contribution in [3.8, 4) is 0 Å². The summed E-state index contributed by atoms with van der Waals surface area (Å²) in [5.74, 6) is 0.948. The van der Waals surface area contributed by atoms with Crippen LogP contribution < -0.4 is 0 Å². The first kappa shape index (κ1) is 9.34. The minimum Gasteiger partial charge on any atom is -0.486 e. The van der Waals surface area contributed by atoms with Crippen molar-refractivity contribution in [3.05, 3.63) is 47.1 Å². The number of carbonyl (C=O) groups is 1. The summed E-state index contributed by atoms with van der Waals surface area (Å²) in [6.07, 6.45) is 1.56. The van der Waals surface area contributed by atoms with Gasteiger partial charge >= 0.3 is 0 Å². The molecule has 1 saturated heterocycles. The lowest BCUT2D eigenvalue weighted by molar-refractivity contribution is 0.104. The van der Waals surface area contributed by atoms with Crippen LogP contribution in [0.15, 0.2) is 41.5 Å². The summed E-state index contributed by atoms with van der Waals surface area (Å²) < 4.78 is 5.25. The number of thioether (sulfide) groups is 1. The van der Waals surface area contributed by atoms with Gasteiger partial charge in [0.1, 0.15) is 0 Å². The van der Waals surface area contributed by atoms with E-state index in [1.807, 2.05) is 18.2 Å². The molecule has 1 aromatic carbocycles. The van der Waals surface area contributed by atoms with E-state index in [4.69, 9.17) is 4.74 Å². The average Bonchev–Trinajstić information content (AvgIpc) is 2.72. The van der Waals surface area contributed by atoms with Crippen LogP contribution in [0.25, 0.3) is 0 Å². The van der Waals surface area contributed by atoms with Gasteiger partial charge in [-0.2, -0.15) is 0 Å². The van der Waals surface area contributed by atoms with E-state index < -0.39 is 0 Å². The Morgan fingerprint density at radius 2 is 2.14 bits per heavy atom. The molecule has 2 nitrogen and oxygen atoms in total. The molecule has 0 atom stereocenters. The molecule has 0 bridgehead atoms. The highest BCUT2D eigenvalue weighted by Crippen LogP contribution is 2.24. The predicted octanol–water partition coefficient (Wildman–Crippen LogP) is 2.47. The van der Waals surface area contributed by atoms with E-state index in [0.717, 1.165) is 10.8 Å². The molecule has 3 heteroatoms. The molecule has 1 fully saturated rings. The van der Waals surface area contributed by atoms with E-state index in [1.54, 1.807) is 30.0 Å². The summed E-state index contributed by atoms with van der Waals surface area (Å²) >= 11 is 1.58. The highest BCUT2D eigenvalue weighted by Gasteiger charge is 2.11. The van der Waals surface area contributed by atoms with Crippen molar-refractivity contribution < 1.29 is 9.53 Å². The van der Waals surface area contributed by atoms with Crippen molar-refractivity contribution in [1.29, 1.82) is 0 Å². The van der Waals surface area contributed by atoms with Crippen LogP contribution in [0.3, 0.4) is 0 Å². The summed E-state index contributed by atoms with van der Waals surface area (Å²) in [5, 5.41) is 0.735. The van der Waals surface area contributed by atoms with Gasteiger partial charge in [-0.25, -0.2) is 0 Å². The molecule has 2 rings (SSSR count). The zero-order valence-electron chi connectivity index (χ0n) is 7.60. The maximum absolute atomic E-state index is 11.6. The van der Waals surface area contributed by atoms with E-state index in [-0.39, 0.29) is 5.78 Å². The Morgan fingerprint density at radius 1 is 1.36 bits per heavy atom. The van der Waals surface area contributed by atoms with Crippen LogP contribution in [0.4, 0.5) is 0 Å². The molecule has 0 amide bonds. The van der Waals surface area contributed by atoms with Crippen LogP contribution in [-0.2, 0) is 4.74 Å². The van der Waals surface area contributed by atoms with Gasteiger partial charge in [0.15, 0.2) is 10.9 Å². The van der Waals surface area contributed by atoms with Gasteiger partial charge in [0.25, 0.3) is 0 Å². The fourth-order valence-electron chi connectivity index (χ4n) is 1.20. The second kappa shape index (κ2) is 4.33. The zero-order chi connectivity index (χ0) is 9.80. The van der Waals surface area contributed by atoms with Crippen molar-refractivity contribution in [2.75, 3.05) is 12.4 Å². The number of benzene rings is 1. The molecule has 1 aliphatic rings. The molecule has 1 aromatic rings. The molecule has 0 N–H and O–H groups in total. The summed E-state index contributed by atoms with van der Waals surface area (Å²) in [6.45, 7) is 0.707. The van der Waals surface area contributed by atoms with Gasteiger partial charge < -0.3 is 4.74 Å². The molecule has 0 aliphatic carbocycles. The second-order valence-corrected chi connectivity index (χ2v) is 3.99. The maximum atomic E-state index is 11.6. The van der Waals surface area contributed by atoms with Gasteiger partial charge in [-0.1, -0.05) is 42.1 Å². The molecular weight excluding hydrogens is 196 g/mol. The molecule has 14 heavy (non-hydrogen) atoms. The molecule has 0 radical (unpaired) electrons. The Bertz CT molecular complexity index is 349. The highest BCUT2D eigenvalue weighted by atomic mass is 32.2. The third kappa shape index (κ3) is 2.17. The summed E-state index contributed by atoms with van der Waals surface area (Å²) in [4.78, 5) is 11.6. The number of hydrogen-bond acceptors (Lipinski definition) is 3. The third-order valence-electron chi connectivity index (χ3n) is 1.88. The number of carbonyl (C=O) groups excluding carboxylic acids is 1. The van der Waals surface area contributed by atoms with E-state index in [1.165, 1.54) is 0 Å². The van der Waals surface area contributed by atoms with Crippen molar-refractivity contribution in [2.24, 2.45) is 0 Å². The maximum Gasteiger partial charge on any atom is 0.190 e. The zero-order valence-corrected chi connectivity index (χ0v) is 8.42. The van der Waals surface area contributed by atoms with Gasteiger partial charge in [0.05, 0.1) is 6.61 Å². The van der Waals surface area contributed by atoms with Crippen molar-refractivity contribution >= 4 is 17.5 Å². The first-order valence-electron chi connectivity index (χ1n) is 4.43. The van der Waals surface area contributed by atoms with Crippen LogP contribution in [0.2, 0.25) is 0 Å². The molecule has 0 unspecified atom stereocenters. The number of rotatable bonds is 2. The van der Waals surface area contributed by atoms with E-state index in [2.05, 4.69) is 0 Å². The molecule has 0 saturated carbocycles. The quantitative estimate of drug-likeness (QED) is 0.549. The summed E-state index contributed by atoms with van der Waals surface area (Å²) in [6, 6.07) is 9.21. The highest BCUT2D eigenvalue weighted by molar-refractivity contribution is 8.03. The van der Waals surface area contributed by atoms with Gasteiger partial charge in [-0.15, -0.1) is 0 Å². The molecule has 1 heterocycles. The van der Waals surface area contributed by atoms with Crippen LogP contribution >= 0.6 is 11.8 Å². The minimum absolute atomic E-state index is 0.00926. The fourth-order valence-corrected chi connectivity index (χ4v) is 1.93. The van der Waals surface area contributed by atoms with Gasteiger partial charge in [-0.3, -0.25) is 4.79 Å². The first-order chi connectivity index (χ1) is 6.86. The monoisotopic (exact) mass is 206 g/mol. The SMILES string of the molecule is O=C(/C=C1\OCCS1)c1ccccc1. The molecule has 1 aliphatic heterocycles. The third-order valence-corrected chi connectivity index (χ3v) is 2.77. The Morgan fingerprint density at radius 3 is 2.79 bits per heavy atom. The lowest BCUT2D eigenvalue weighted by Crippen LogP contribution is -1.94. The Hall–Kier alpha value is -1.22. The van der Waals surface area contributed by atoms with Crippen molar-refractivity contribution in [2.45, 2.75) is 0 Å². The van der Waals surface area contributed by atoms with Gasteiger partial charge in [0.2, 0.25) is 0 Å². The first-order valence-corrected chi connectivity index (χ1v) is 5.41. The van der Waals surface area contributed by atoms with E-state index in [9.17, 15) is 4.79 Å². The van der Waals surface area contributed by atoms with Crippen LogP contribution in [0.1, 0.15) is 10.4 Å². The van der Waals surface area contributed by atoms with Gasteiger partial charge in [-0.05, 0) is 0 Å². The smallest absolute Gasteiger partial charge is 0.190 e. The van der Waals surface area contributed by atoms with Crippen LogP contribution in [0, 0.1) is 0 Å². The number of ketones is 1. The van der Waals surface area contributed by atoms with Crippen LogP contribution in [0.5, 0.6) is 0 Å². The normalized spacial score (nSPS) is 18.1. The second-order valence-electron chi connectivity index (χ2n) is 2.89. The lowest BCUT2D eigenvalue weighted by Gasteiger charge is -1.97. The van der Waals surface area contributed by atoms with Crippen LogP contribution in [-0.4, -0.2) is 18.1 Å². The molecule has 0 spiro atoms. The predicted molar refractivity (Wildman–Crippen MR) is 57.3 cm³/mol. The number of allylic oxidation sites excluding steroid dienone is 1. The molecule has 0 aromatic heterocycles. The summed E-state index contributed by atoms with van der Waals surface area (Å²) in [7, 11) is 0. The largest absolute Gasteiger partial charge is 0.486 e. The Balaban J connectivity index is 2.13. The summed E-state index contributed by atoms with van der Waals surface area (Å²) in [5.41, 5.74) is 0.705. The van der Waals surface area contributed by atoms with Gasteiger partial charge in [0, 0.05) is 17.4 Å². The van der Waals surface area contributed by atoms with Crippen molar-refractivity contribution in [1.82, 2.24) is 0 Å². The van der Waals surface area contributed by atoms with Crippen molar-refractivity contribution in [3.63, 3.8) is 0 Å². The minimum atomic E-state index is 0.00926. The standard InChI is InChI=1S/C11H10O2S/c12-10(8-11-13-6-7-14-11)9-4-2-1-3-5-9/h1-5,8H,6-7H2/b11-8+. The lowest BCUT2D eigenvalue weighted by atomic mass is 10.1. The average molecular weight is 206 g/mol. The number of hydrogen-bond donors (Lipinski definition) is 0. The molecular formula is C11H10O2S. The Kier molecular flexibility index (Phi) is 2.89. The van der Waals surface area contributed by atoms with E-state index >= 15 is 0 Å². The Labute approximate surface area is 87.0 Å². The number of ether oxygens (including phenoxy) is 1. The molecule has 72 valence electrons. The topological polar surface area (TPSA) is 26.3 Å². The fraction of sp³-hybridized carbons (Fsp3) is 0.182.